The van der Waals surface area contributed by atoms with Crippen LogP contribution in [-0.2, 0) is 0 Å². The molecule has 1 aliphatic carbocycles. The van der Waals surface area contributed by atoms with Gasteiger partial charge in [-0.05, 0) is 25.2 Å². The largest absolute Gasteiger partial charge is 0.361 e. The van der Waals surface area contributed by atoms with Gasteiger partial charge in [-0.25, -0.2) is 0 Å². The minimum atomic E-state index is 0.781. The van der Waals surface area contributed by atoms with Gasteiger partial charge in [0.2, 0.25) is 0 Å². The van der Waals surface area contributed by atoms with Gasteiger partial charge < -0.3 is 4.90 Å². The van der Waals surface area contributed by atoms with E-state index in [4.69, 9.17) is 0 Å². The summed E-state index contributed by atoms with van der Waals surface area (Å²) in [4.78, 5) is 6.54. The van der Waals surface area contributed by atoms with Crippen LogP contribution in [0.5, 0.6) is 0 Å². The Labute approximate surface area is 74.0 Å². The molecule has 1 aliphatic heterocycles. The van der Waals surface area contributed by atoms with Gasteiger partial charge in [0.15, 0.2) is 0 Å². The van der Waals surface area contributed by atoms with E-state index >= 15 is 0 Å². The second-order valence-electron chi connectivity index (χ2n) is 3.64. The third kappa shape index (κ3) is 1.87. The summed E-state index contributed by atoms with van der Waals surface area (Å²) < 4.78 is 0. The van der Waals surface area contributed by atoms with E-state index in [0.29, 0.717) is 0 Å². The summed E-state index contributed by atoms with van der Waals surface area (Å²) in [6.07, 6.45) is 10.7. The molecule has 12 heavy (non-hydrogen) atoms. The summed E-state index contributed by atoms with van der Waals surface area (Å²) in [5.74, 6) is 0.781. The first-order valence-corrected chi connectivity index (χ1v) is 4.86. The number of rotatable bonds is 2. The zero-order valence-electron chi connectivity index (χ0n) is 7.45. The molecule has 0 aromatic carbocycles. The van der Waals surface area contributed by atoms with Crippen LogP contribution in [0, 0.1) is 5.92 Å². The van der Waals surface area contributed by atoms with Crippen LogP contribution >= 0.6 is 0 Å². The van der Waals surface area contributed by atoms with Gasteiger partial charge in [0, 0.05) is 13.1 Å². The summed E-state index contributed by atoms with van der Waals surface area (Å²) in [5, 5.41) is 0. The minimum Gasteiger partial charge on any atom is -0.361 e. The Morgan fingerprint density at radius 1 is 1.50 bits per heavy atom. The molecule has 0 amide bonds. The second-order valence-corrected chi connectivity index (χ2v) is 3.64. The predicted molar refractivity (Wildman–Crippen MR) is 51.4 cm³/mol. The monoisotopic (exact) mass is 164 g/mol. The fourth-order valence-electron chi connectivity index (χ4n) is 1.89. The molecule has 2 heteroatoms. The molecule has 0 radical (unpaired) electrons. The molecule has 0 N–H and O–H groups in total. The van der Waals surface area contributed by atoms with Gasteiger partial charge in [-0.2, -0.15) is 0 Å². The Morgan fingerprint density at radius 2 is 2.50 bits per heavy atom. The normalized spacial score (nSPS) is 28.3. The molecule has 0 bridgehead atoms. The molecular weight excluding hydrogens is 148 g/mol. The molecule has 1 atom stereocenters. The maximum Gasteiger partial charge on any atom is 0.0851 e. The number of aliphatic imine (C=N–C) groups is 1. The zero-order valence-corrected chi connectivity index (χ0v) is 7.45. The highest BCUT2D eigenvalue weighted by Crippen LogP contribution is 2.18. The van der Waals surface area contributed by atoms with Crippen molar-refractivity contribution < 1.29 is 0 Å². The van der Waals surface area contributed by atoms with Crippen molar-refractivity contribution in [2.75, 3.05) is 19.6 Å². The molecular formula is C10H16N2. The van der Waals surface area contributed by atoms with E-state index in [1.54, 1.807) is 0 Å². The standard InChI is InChI=1S/C10H16N2/c1-2-4-10(5-3-1)8-12-7-6-11-9-12/h2,4,9-10H,1,3,5-8H2. The van der Waals surface area contributed by atoms with Crippen molar-refractivity contribution in [2.45, 2.75) is 19.3 Å². The van der Waals surface area contributed by atoms with Crippen LogP contribution in [-0.4, -0.2) is 30.9 Å². The molecule has 66 valence electrons. The molecule has 2 nitrogen and oxygen atoms in total. The fraction of sp³-hybridized carbons (Fsp3) is 0.700. The molecule has 2 aliphatic rings. The summed E-state index contributed by atoms with van der Waals surface area (Å²) >= 11 is 0. The first-order valence-electron chi connectivity index (χ1n) is 4.86. The van der Waals surface area contributed by atoms with Crippen LogP contribution < -0.4 is 0 Å². The van der Waals surface area contributed by atoms with Gasteiger partial charge in [-0.15, -0.1) is 0 Å². The zero-order chi connectivity index (χ0) is 8.23. The van der Waals surface area contributed by atoms with Crippen LogP contribution in [0.1, 0.15) is 19.3 Å². The predicted octanol–water partition coefficient (Wildman–Crippen LogP) is 1.69. The van der Waals surface area contributed by atoms with Crippen molar-refractivity contribution in [3.63, 3.8) is 0 Å². The number of nitrogens with zero attached hydrogens (tertiary/aromatic N) is 2. The third-order valence-corrected chi connectivity index (χ3v) is 2.58. The van der Waals surface area contributed by atoms with Gasteiger partial charge in [0.1, 0.15) is 0 Å². The first-order chi connectivity index (χ1) is 5.95. The van der Waals surface area contributed by atoms with Crippen LogP contribution in [0.4, 0.5) is 0 Å². The molecule has 0 fully saturated rings. The summed E-state index contributed by atoms with van der Waals surface area (Å²) in [7, 11) is 0. The second kappa shape index (κ2) is 3.74. The van der Waals surface area contributed by atoms with Crippen molar-refractivity contribution >= 4 is 6.34 Å². The summed E-state index contributed by atoms with van der Waals surface area (Å²) in [6.45, 7) is 3.31. The maximum atomic E-state index is 4.21. The minimum absolute atomic E-state index is 0.781. The lowest BCUT2D eigenvalue weighted by Crippen LogP contribution is -2.26. The van der Waals surface area contributed by atoms with Crippen molar-refractivity contribution in [1.82, 2.24) is 4.90 Å². The number of allylic oxidation sites excluding steroid dienone is 1. The van der Waals surface area contributed by atoms with Gasteiger partial charge in [-0.1, -0.05) is 12.2 Å². The smallest absolute Gasteiger partial charge is 0.0851 e. The van der Waals surface area contributed by atoms with Gasteiger partial charge in [0.05, 0.1) is 12.9 Å². The molecule has 1 unspecified atom stereocenters. The van der Waals surface area contributed by atoms with Crippen molar-refractivity contribution in [3.05, 3.63) is 12.2 Å². The molecule has 0 spiro atoms. The summed E-state index contributed by atoms with van der Waals surface area (Å²) in [5.41, 5.74) is 0. The Hall–Kier alpha value is -0.790. The Morgan fingerprint density at radius 3 is 3.17 bits per heavy atom. The lowest BCUT2D eigenvalue weighted by molar-refractivity contribution is 0.381. The molecule has 1 heterocycles. The average Bonchev–Trinajstić information content (AvgIpc) is 2.59. The maximum absolute atomic E-state index is 4.21. The van der Waals surface area contributed by atoms with E-state index in [9.17, 15) is 0 Å². The van der Waals surface area contributed by atoms with Crippen LogP contribution in [0.25, 0.3) is 0 Å². The third-order valence-electron chi connectivity index (χ3n) is 2.58. The average molecular weight is 164 g/mol. The van der Waals surface area contributed by atoms with Gasteiger partial charge in [-0.3, -0.25) is 4.99 Å². The molecule has 0 saturated heterocycles. The highest BCUT2D eigenvalue weighted by Gasteiger charge is 2.13. The van der Waals surface area contributed by atoms with Crippen molar-refractivity contribution in [3.8, 4) is 0 Å². The van der Waals surface area contributed by atoms with Gasteiger partial charge >= 0.3 is 0 Å². The molecule has 0 aromatic heterocycles. The van der Waals surface area contributed by atoms with Gasteiger partial charge in [0.25, 0.3) is 0 Å². The SMILES string of the molecule is C1=CC(CN2C=NCC2)CCC1. The lowest BCUT2D eigenvalue weighted by atomic mass is 9.96. The van der Waals surface area contributed by atoms with E-state index in [0.717, 1.165) is 19.0 Å². The van der Waals surface area contributed by atoms with Crippen LogP contribution in [0.2, 0.25) is 0 Å². The Kier molecular flexibility index (Phi) is 2.45. The number of hydrogen-bond donors (Lipinski definition) is 0. The fourth-order valence-corrected chi connectivity index (χ4v) is 1.89. The topological polar surface area (TPSA) is 15.6 Å². The van der Waals surface area contributed by atoms with E-state index in [1.165, 1.54) is 25.8 Å². The van der Waals surface area contributed by atoms with E-state index in [-0.39, 0.29) is 0 Å². The summed E-state index contributed by atoms with van der Waals surface area (Å²) in [6, 6.07) is 0. The molecule has 2 rings (SSSR count). The van der Waals surface area contributed by atoms with E-state index in [1.807, 2.05) is 6.34 Å². The Bertz CT molecular complexity index is 196. The van der Waals surface area contributed by atoms with E-state index < -0.39 is 0 Å². The van der Waals surface area contributed by atoms with Crippen LogP contribution in [0.15, 0.2) is 17.1 Å². The van der Waals surface area contributed by atoms with Crippen molar-refractivity contribution in [1.29, 1.82) is 0 Å². The van der Waals surface area contributed by atoms with Crippen molar-refractivity contribution in [2.24, 2.45) is 10.9 Å². The van der Waals surface area contributed by atoms with Crippen LogP contribution in [0.3, 0.4) is 0 Å². The quantitative estimate of drug-likeness (QED) is 0.567. The molecule has 0 aromatic rings. The van der Waals surface area contributed by atoms with E-state index in [2.05, 4.69) is 22.0 Å². The Balaban J connectivity index is 1.81. The highest BCUT2D eigenvalue weighted by atomic mass is 15.2. The first kappa shape index (κ1) is 7.84. The highest BCUT2D eigenvalue weighted by molar-refractivity contribution is 5.57. The lowest BCUT2D eigenvalue weighted by Gasteiger charge is -2.22. The number of hydrogen-bond acceptors (Lipinski definition) is 2. The molecule has 0 saturated carbocycles.